The molecule has 0 amide bonds. The number of hydrogen-bond acceptors (Lipinski definition) is 5. The first-order valence-electron chi connectivity index (χ1n) is 6.38. The second-order valence-electron chi connectivity index (χ2n) is 4.66. The highest BCUT2D eigenvalue weighted by Gasteiger charge is 2.33. The van der Waals surface area contributed by atoms with Crippen LogP contribution in [0.2, 0.25) is 0 Å². The molecular formula is C14H17NO4. The molecule has 0 bridgehead atoms. The van der Waals surface area contributed by atoms with Crippen LogP contribution in [0, 0.1) is 12.8 Å². The second-order valence-corrected chi connectivity index (χ2v) is 4.66. The lowest BCUT2D eigenvalue weighted by atomic mass is 9.82. The number of carbonyl (C=O) groups excluding carboxylic acids is 2. The van der Waals surface area contributed by atoms with Crippen molar-refractivity contribution in [3.63, 3.8) is 0 Å². The molecule has 5 heteroatoms. The van der Waals surface area contributed by atoms with Crippen molar-refractivity contribution < 1.29 is 18.8 Å². The quantitative estimate of drug-likeness (QED) is 0.782. The molecule has 1 aromatic rings. The van der Waals surface area contributed by atoms with Crippen LogP contribution in [0.4, 0.5) is 0 Å². The Kier molecular flexibility index (Phi) is 3.83. The van der Waals surface area contributed by atoms with E-state index in [0.717, 1.165) is 0 Å². The summed E-state index contributed by atoms with van der Waals surface area (Å²) in [6, 6.07) is 1.71. The Balaban J connectivity index is 2.39. The van der Waals surface area contributed by atoms with Crippen LogP contribution < -0.4 is 0 Å². The van der Waals surface area contributed by atoms with E-state index in [2.05, 4.69) is 5.16 Å². The molecule has 0 saturated heterocycles. The molecule has 5 nitrogen and oxygen atoms in total. The maximum atomic E-state index is 12.0. The van der Waals surface area contributed by atoms with Crippen molar-refractivity contribution in [1.82, 2.24) is 5.16 Å². The van der Waals surface area contributed by atoms with Gasteiger partial charge in [0.1, 0.15) is 0 Å². The Morgan fingerprint density at radius 1 is 1.53 bits per heavy atom. The van der Waals surface area contributed by atoms with Crippen molar-refractivity contribution in [2.45, 2.75) is 33.6 Å². The molecule has 1 aliphatic carbocycles. The number of nitrogens with zero attached hydrogens (tertiary/aromatic N) is 1. The minimum absolute atomic E-state index is 0.00537. The molecule has 0 fully saturated rings. The van der Waals surface area contributed by atoms with Crippen LogP contribution in [0.5, 0.6) is 0 Å². The highest BCUT2D eigenvalue weighted by molar-refractivity contribution is 6.22. The lowest BCUT2D eigenvalue weighted by Crippen LogP contribution is -2.25. The van der Waals surface area contributed by atoms with E-state index in [4.69, 9.17) is 9.26 Å². The van der Waals surface area contributed by atoms with Crippen molar-refractivity contribution in [3.05, 3.63) is 23.1 Å². The normalized spacial score (nSPS) is 19.7. The van der Waals surface area contributed by atoms with Gasteiger partial charge in [0.2, 0.25) is 0 Å². The summed E-state index contributed by atoms with van der Waals surface area (Å²) in [5, 5.41) is 3.79. The number of Topliss-reactive ketones (excluding diaryl/α,β-unsaturated/α-hetero) is 1. The number of aryl methyl sites for hydroxylation is 1. The zero-order chi connectivity index (χ0) is 14.0. The van der Waals surface area contributed by atoms with Gasteiger partial charge in [-0.05, 0) is 32.8 Å². The van der Waals surface area contributed by atoms with E-state index < -0.39 is 0 Å². The molecule has 1 atom stereocenters. The Morgan fingerprint density at radius 2 is 2.26 bits per heavy atom. The van der Waals surface area contributed by atoms with Gasteiger partial charge < -0.3 is 9.26 Å². The molecule has 0 spiro atoms. The topological polar surface area (TPSA) is 69.4 Å². The van der Waals surface area contributed by atoms with Crippen LogP contribution in [-0.2, 0) is 14.3 Å². The van der Waals surface area contributed by atoms with Gasteiger partial charge in [0, 0.05) is 12.5 Å². The van der Waals surface area contributed by atoms with Crippen molar-refractivity contribution in [2.24, 2.45) is 5.92 Å². The largest absolute Gasteiger partial charge is 0.466 e. The van der Waals surface area contributed by atoms with E-state index in [1.165, 1.54) is 0 Å². The van der Waals surface area contributed by atoms with Gasteiger partial charge >= 0.3 is 5.97 Å². The summed E-state index contributed by atoms with van der Waals surface area (Å²) in [5.41, 5.74) is 1.90. The third kappa shape index (κ3) is 2.59. The molecular weight excluding hydrogens is 246 g/mol. The Morgan fingerprint density at radius 3 is 2.84 bits per heavy atom. The number of ether oxygens (including phenoxy) is 1. The number of aromatic nitrogens is 1. The number of rotatable bonds is 3. The SMILES string of the molecule is CCOC(=O)C1CCC(=O)C(c2cc(C)no2)=C1C. The fourth-order valence-corrected chi connectivity index (χ4v) is 2.36. The summed E-state index contributed by atoms with van der Waals surface area (Å²) < 4.78 is 10.2. The monoisotopic (exact) mass is 263 g/mol. The Labute approximate surface area is 111 Å². The third-order valence-corrected chi connectivity index (χ3v) is 3.30. The van der Waals surface area contributed by atoms with E-state index in [9.17, 15) is 9.59 Å². The maximum absolute atomic E-state index is 12.0. The molecule has 0 radical (unpaired) electrons. The molecule has 1 aliphatic rings. The standard InChI is InChI=1S/C14H17NO4/c1-4-18-14(17)10-5-6-11(16)13(9(10)3)12-7-8(2)15-19-12/h7,10H,4-6H2,1-3H3. The molecule has 0 aliphatic heterocycles. The molecule has 1 unspecified atom stereocenters. The lowest BCUT2D eigenvalue weighted by Gasteiger charge is -2.22. The van der Waals surface area contributed by atoms with Gasteiger partial charge in [-0.25, -0.2) is 0 Å². The average molecular weight is 263 g/mol. The van der Waals surface area contributed by atoms with Crippen molar-refractivity contribution in [3.8, 4) is 0 Å². The number of esters is 1. The molecule has 0 aromatic carbocycles. The van der Waals surface area contributed by atoms with E-state index >= 15 is 0 Å². The smallest absolute Gasteiger partial charge is 0.313 e. The Bertz CT molecular complexity index is 541. The number of carbonyl (C=O) groups is 2. The van der Waals surface area contributed by atoms with E-state index in [0.29, 0.717) is 42.0 Å². The number of allylic oxidation sites excluding steroid dienone is 1. The van der Waals surface area contributed by atoms with Crippen molar-refractivity contribution in [1.29, 1.82) is 0 Å². The fourth-order valence-electron chi connectivity index (χ4n) is 2.36. The summed E-state index contributed by atoms with van der Waals surface area (Å²) >= 11 is 0. The molecule has 1 heterocycles. The number of ketones is 1. The van der Waals surface area contributed by atoms with Crippen molar-refractivity contribution >= 4 is 17.3 Å². The summed E-state index contributed by atoms with van der Waals surface area (Å²) in [6.07, 6.45) is 0.829. The zero-order valence-electron chi connectivity index (χ0n) is 11.4. The zero-order valence-corrected chi connectivity index (χ0v) is 11.4. The number of hydrogen-bond donors (Lipinski definition) is 0. The first kappa shape index (κ1) is 13.5. The highest BCUT2D eigenvalue weighted by Crippen LogP contribution is 2.34. The predicted octanol–water partition coefficient (Wildman–Crippen LogP) is 2.30. The summed E-state index contributed by atoms with van der Waals surface area (Å²) in [5.74, 6) is -0.206. The van der Waals surface area contributed by atoms with Gasteiger partial charge in [-0.15, -0.1) is 0 Å². The van der Waals surface area contributed by atoms with E-state index in [1.54, 1.807) is 26.8 Å². The van der Waals surface area contributed by atoms with Gasteiger partial charge in [0.25, 0.3) is 0 Å². The Hall–Kier alpha value is -1.91. The van der Waals surface area contributed by atoms with Crippen LogP contribution in [0.1, 0.15) is 38.1 Å². The molecule has 0 saturated carbocycles. The van der Waals surface area contributed by atoms with Crippen LogP contribution in [0.15, 0.2) is 16.2 Å². The molecule has 1 aromatic heterocycles. The maximum Gasteiger partial charge on any atom is 0.313 e. The van der Waals surface area contributed by atoms with Gasteiger partial charge in [-0.3, -0.25) is 9.59 Å². The van der Waals surface area contributed by atoms with Crippen LogP contribution >= 0.6 is 0 Å². The van der Waals surface area contributed by atoms with Crippen LogP contribution in [0.3, 0.4) is 0 Å². The highest BCUT2D eigenvalue weighted by atomic mass is 16.5. The molecule has 19 heavy (non-hydrogen) atoms. The summed E-state index contributed by atoms with van der Waals surface area (Å²) in [4.78, 5) is 23.9. The molecule has 102 valence electrons. The lowest BCUT2D eigenvalue weighted by molar-refractivity contribution is -0.147. The summed E-state index contributed by atoms with van der Waals surface area (Å²) in [6.45, 7) is 5.68. The average Bonchev–Trinajstić information content (AvgIpc) is 2.76. The van der Waals surface area contributed by atoms with E-state index in [1.807, 2.05) is 0 Å². The first-order valence-corrected chi connectivity index (χ1v) is 6.38. The molecule has 2 rings (SSSR count). The summed E-state index contributed by atoms with van der Waals surface area (Å²) in [7, 11) is 0. The minimum atomic E-state index is -0.363. The first-order chi connectivity index (χ1) is 9.04. The van der Waals surface area contributed by atoms with Gasteiger partial charge in [0.05, 0.1) is 23.8 Å². The van der Waals surface area contributed by atoms with Gasteiger partial charge in [-0.2, -0.15) is 0 Å². The van der Waals surface area contributed by atoms with Crippen LogP contribution in [-0.4, -0.2) is 23.5 Å². The third-order valence-electron chi connectivity index (χ3n) is 3.30. The fraction of sp³-hybridized carbons (Fsp3) is 0.500. The van der Waals surface area contributed by atoms with Gasteiger partial charge in [0.15, 0.2) is 11.5 Å². The second kappa shape index (κ2) is 5.38. The van der Waals surface area contributed by atoms with Crippen molar-refractivity contribution in [2.75, 3.05) is 6.61 Å². The van der Waals surface area contributed by atoms with Crippen LogP contribution in [0.25, 0.3) is 5.57 Å². The minimum Gasteiger partial charge on any atom is -0.466 e. The van der Waals surface area contributed by atoms with Gasteiger partial charge in [-0.1, -0.05) is 5.16 Å². The predicted molar refractivity (Wildman–Crippen MR) is 68.2 cm³/mol. The molecule has 0 N–H and O–H groups in total. The van der Waals surface area contributed by atoms with E-state index in [-0.39, 0.29) is 17.7 Å².